The van der Waals surface area contributed by atoms with E-state index in [1.807, 2.05) is 0 Å². The Morgan fingerprint density at radius 2 is 2.33 bits per heavy atom. The van der Waals surface area contributed by atoms with Gasteiger partial charge in [0.05, 0.1) is 18.3 Å². The Kier molecular flexibility index (Phi) is 1.06. The molecule has 0 saturated carbocycles. The molecule has 9 heavy (non-hydrogen) atoms. The molecule has 3 heteroatoms. The van der Waals surface area contributed by atoms with Crippen LogP contribution in [0.2, 0.25) is 0 Å². The second-order valence-corrected chi connectivity index (χ2v) is 2.96. The summed E-state index contributed by atoms with van der Waals surface area (Å²) in [4.78, 5) is 0. The summed E-state index contributed by atoms with van der Waals surface area (Å²) in [6.07, 6.45) is 0.604. The van der Waals surface area contributed by atoms with Crippen molar-refractivity contribution in [3.63, 3.8) is 0 Å². The summed E-state index contributed by atoms with van der Waals surface area (Å²) in [5, 5.41) is 12.2. The molecule has 0 aromatic rings. The molecule has 2 saturated heterocycles. The number of nitrogens with one attached hydrogen (secondary N) is 1. The Balaban J connectivity index is 1.99. The van der Waals surface area contributed by atoms with Gasteiger partial charge in [0.25, 0.3) is 0 Å². The summed E-state index contributed by atoms with van der Waals surface area (Å²) < 4.78 is 5.38. The molecule has 0 radical (unpaired) electrons. The Bertz CT molecular complexity index is 122. The maximum atomic E-state index is 9.08. The zero-order valence-corrected chi connectivity index (χ0v) is 5.26. The standard InChI is InChI=1S/C6H11NO2/c8-5-1-6(9-2-5)3-7-4-6/h5,7-8H,1-4H2/t5-/m1/s1. The summed E-state index contributed by atoms with van der Waals surface area (Å²) in [6.45, 7) is 2.37. The SMILES string of the molecule is O[C@H]1COC2(CNC2)C1. The molecule has 0 unspecified atom stereocenters. The minimum absolute atomic E-state index is 0.0272. The monoisotopic (exact) mass is 129 g/mol. The van der Waals surface area contributed by atoms with Gasteiger partial charge in [-0.3, -0.25) is 0 Å². The number of ether oxygens (including phenoxy) is 1. The highest BCUT2D eigenvalue weighted by Crippen LogP contribution is 2.28. The first-order valence-corrected chi connectivity index (χ1v) is 3.34. The first-order valence-electron chi connectivity index (χ1n) is 3.34. The summed E-state index contributed by atoms with van der Waals surface area (Å²) >= 11 is 0. The molecular formula is C6H11NO2. The zero-order valence-electron chi connectivity index (χ0n) is 5.26. The van der Waals surface area contributed by atoms with Crippen molar-refractivity contribution in [2.75, 3.05) is 19.7 Å². The highest BCUT2D eigenvalue weighted by Gasteiger charge is 2.44. The van der Waals surface area contributed by atoms with Gasteiger partial charge in [-0.05, 0) is 0 Å². The van der Waals surface area contributed by atoms with Crippen molar-refractivity contribution in [1.29, 1.82) is 0 Å². The number of aliphatic hydroxyl groups is 1. The molecule has 2 rings (SSSR count). The van der Waals surface area contributed by atoms with Crippen molar-refractivity contribution in [1.82, 2.24) is 5.32 Å². The maximum absolute atomic E-state index is 9.08. The van der Waals surface area contributed by atoms with E-state index in [1.54, 1.807) is 0 Å². The van der Waals surface area contributed by atoms with Crippen LogP contribution in [0.25, 0.3) is 0 Å². The van der Waals surface area contributed by atoms with Gasteiger partial charge in [0.1, 0.15) is 0 Å². The van der Waals surface area contributed by atoms with Crippen LogP contribution in [0, 0.1) is 0 Å². The van der Waals surface area contributed by atoms with E-state index in [0.717, 1.165) is 19.5 Å². The van der Waals surface area contributed by atoms with E-state index in [9.17, 15) is 0 Å². The highest BCUT2D eigenvalue weighted by atomic mass is 16.5. The summed E-state index contributed by atoms with van der Waals surface area (Å²) in [6, 6.07) is 0. The number of rotatable bonds is 0. The fraction of sp³-hybridized carbons (Fsp3) is 1.00. The predicted octanol–water partition coefficient (Wildman–Crippen LogP) is -0.890. The van der Waals surface area contributed by atoms with Crippen LogP contribution in [0.5, 0.6) is 0 Å². The van der Waals surface area contributed by atoms with E-state index in [4.69, 9.17) is 9.84 Å². The van der Waals surface area contributed by atoms with Crippen LogP contribution in [0.4, 0.5) is 0 Å². The fourth-order valence-electron chi connectivity index (χ4n) is 1.47. The van der Waals surface area contributed by atoms with Crippen LogP contribution in [-0.4, -0.2) is 36.5 Å². The van der Waals surface area contributed by atoms with E-state index < -0.39 is 0 Å². The van der Waals surface area contributed by atoms with Gasteiger partial charge >= 0.3 is 0 Å². The molecule has 2 N–H and O–H groups in total. The molecule has 2 heterocycles. The normalized spacial score (nSPS) is 39.0. The van der Waals surface area contributed by atoms with Crippen LogP contribution in [-0.2, 0) is 4.74 Å². The van der Waals surface area contributed by atoms with E-state index in [0.29, 0.717) is 6.61 Å². The molecule has 2 fully saturated rings. The molecule has 0 aromatic heterocycles. The van der Waals surface area contributed by atoms with E-state index >= 15 is 0 Å². The quantitative estimate of drug-likeness (QED) is 0.446. The molecule has 1 atom stereocenters. The van der Waals surface area contributed by atoms with Crippen LogP contribution in [0.15, 0.2) is 0 Å². The lowest BCUT2D eigenvalue weighted by Crippen LogP contribution is -2.59. The van der Waals surface area contributed by atoms with Crippen molar-refractivity contribution in [3.05, 3.63) is 0 Å². The smallest absolute Gasteiger partial charge is 0.0956 e. The van der Waals surface area contributed by atoms with Crippen LogP contribution in [0.1, 0.15) is 6.42 Å². The Hall–Kier alpha value is -0.120. The average Bonchev–Trinajstić information content (AvgIpc) is 2.09. The zero-order chi connectivity index (χ0) is 6.32. The minimum atomic E-state index is -0.216. The first-order chi connectivity index (χ1) is 4.31. The van der Waals surface area contributed by atoms with E-state index in [-0.39, 0.29) is 11.7 Å². The maximum Gasteiger partial charge on any atom is 0.0956 e. The molecular weight excluding hydrogens is 118 g/mol. The molecule has 2 aliphatic heterocycles. The molecule has 52 valence electrons. The van der Waals surface area contributed by atoms with Crippen molar-refractivity contribution < 1.29 is 9.84 Å². The Morgan fingerprint density at radius 1 is 1.56 bits per heavy atom. The molecule has 3 nitrogen and oxygen atoms in total. The summed E-state index contributed by atoms with van der Waals surface area (Å²) in [7, 11) is 0. The van der Waals surface area contributed by atoms with Crippen molar-refractivity contribution in [2.24, 2.45) is 0 Å². The number of hydrogen-bond donors (Lipinski definition) is 2. The van der Waals surface area contributed by atoms with Gasteiger partial charge in [-0.1, -0.05) is 0 Å². The molecule has 0 aliphatic carbocycles. The van der Waals surface area contributed by atoms with Crippen molar-refractivity contribution >= 4 is 0 Å². The Morgan fingerprint density at radius 3 is 2.56 bits per heavy atom. The number of hydrogen-bond acceptors (Lipinski definition) is 3. The number of aliphatic hydroxyl groups excluding tert-OH is 1. The first kappa shape index (κ1) is 5.65. The third-order valence-corrected chi connectivity index (χ3v) is 2.08. The minimum Gasteiger partial charge on any atom is -0.391 e. The largest absolute Gasteiger partial charge is 0.391 e. The van der Waals surface area contributed by atoms with Crippen LogP contribution >= 0.6 is 0 Å². The van der Waals surface area contributed by atoms with Crippen LogP contribution < -0.4 is 5.32 Å². The second kappa shape index (κ2) is 1.68. The molecule has 2 aliphatic rings. The van der Waals surface area contributed by atoms with Gasteiger partial charge in [0, 0.05) is 19.5 Å². The molecule has 0 bridgehead atoms. The van der Waals surface area contributed by atoms with Gasteiger partial charge in [-0.25, -0.2) is 0 Å². The Labute approximate surface area is 54.0 Å². The van der Waals surface area contributed by atoms with Crippen molar-refractivity contribution in [2.45, 2.75) is 18.1 Å². The second-order valence-electron chi connectivity index (χ2n) is 2.96. The summed E-state index contributed by atoms with van der Waals surface area (Å²) in [5.41, 5.74) is 0.0272. The molecule has 1 spiro atoms. The molecule has 0 aromatic carbocycles. The highest BCUT2D eigenvalue weighted by molar-refractivity contribution is 4.99. The van der Waals surface area contributed by atoms with Gasteiger partial charge in [0.2, 0.25) is 0 Å². The molecule has 0 amide bonds. The lowest BCUT2D eigenvalue weighted by Gasteiger charge is -2.37. The third-order valence-electron chi connectivity index (χ3n) is 2.08. The lowest BCUT2D eigenvalue weighted by atomic mass is 9.93. The topological polar surface area (TPSA) is 41.5 Å². The van der Waals surface area contributed by atoms with E-state index in [1.165, 1.54) is 0 Å². The van der Waals surface area contributed by atoms with Gasteiger partial charge in [0.15, 0.2) is 0 Å². The van der Waals surface area contributed by atoms with E-state index in [2.05, 4.69) is 5.32 Å². The average molecular weight is 129 g/mol. The lowest BCUT2D eigenvalue weighted by molar-refractivity contribution is -0.0370. The third kappa shape index (κ3) is 0.764. The van der Waals surface area contributed by atoms with Gasteiger partial charge in [-0.15, -0.1) is 0 Å². The summed E-state index contributed by atoms with van der Waals surface area (Å²) in [5.74, 6) is 0. The van der Waals surface area contributed by atoms with Crippen molar-refractivity contribution in [3.8, 4) is 0 Å². The van der Waals surface area contributed by atoms with Gasteiger partial charge in [-0.2, -0.15) is 0 Å². The fourth-order valence-corrected chi connectivity index (χ4v) is 1.47. The van der Waals surface area contributed by atoms with Crippen LogP contribution in [0.3, 0.4) is 0 Å². The van der Waals surface area contributed by atoms with Gasteiger partial charge < -0.3 is 15.2 Å². The predicted molar refractivity (Wildman–Crippen MR) is 32.2 cm³/mol.